The highest BCUT2D eigenvalue weighted by Crippen LogP contribution is 2.20. The smallest absolute Gasteiger partial charge is 0.123 e. The number of halogens is 1. The summed E-state index contributed by atoms with van der Waals surface area (Å²) in [6.07, 6.45) is 2.97. The Kier molecular flexibility index (Phi) is 3.94. The maximum Gasteiger partial charge on any atom is 0.123 e. The van der Waals surface area contributed by atoms with Crippen molar-refractivity contribution in [3.05, 3.63) is 30.1 Å². The third-order valence-corrected chi connectivity index (χ3v) is 2.66. The number of benzene rings is 1. The molecule has 0 amide bonds. The summed E-state index contributed by atoms with van der Waals surface area (Å²) in [5.41, 5.74) is 0. The predicted molar refractivity (Wildman–Crippen MR) is 62.1 cm³/mol. The van der Waals surface area contributed by atoms with E-state index < -0.39 is 0 Å². The number of hydrogen-bond donors (Lipinski definition) is 1. The zero-order chi connectivity index (χ0) is 12.1. The summed E-state index contributed by atoms with van der Waals surface area (Å²) in [4.78, 5) is 0. The molecule has 0 aromatic heterocycles. The second-order valence-corrected chi connectivity index (χ2v) is 4.21. The third kappa shape index (κ3) is 4.04. The minimum atomic E-state index is -0.275. The average molecular weight is 234 g/mol. The molecule has 1 unspecified atom stereocenters. The number of nitriles is 1. The van der Waals surface area contributed by atoms with E-state index in [4.69, 9.17) is 10.00 Å². The van der Waals surface area contributed by atoms with Crippen molar-refractivity contribution >= 4 is 0 Å². The molecule has 1 aromatic rings. The summed E-state index contributed by atoms with van der Waals surface area (Å²) in [6, 6.07) is 8.48. The Hall–Kier alpha value is -1.60. The van der Waals surface area contributed by atoms with Gasteiger partial charge in [0, 0.05) is 12.5 Å². The lowest BCUT2D eigenvalue weighted by Crippen LogP contribution is -2.31. The number of ether oxygens (including phenoxy) is 1. The molecule has 0 bridgehead atoms. The number of nitrogens with one attached hydrogen (secondary N) is 1. The molecule has 0 spiro atoms. The van der Waals surface area contributed by atoms with E-state index in [1.54, 1.807) is 12.1 Å². The van der Waals surface area contributed by atoms with Crippen LogP contribution in [0.25, 0.3) is 0 Å². The average Bonchev–Trinajstić information content (AvgIpc) is 3.14. The summed E-state index contributed by atoms with van der Waals surface area (Å²) in [5.74, 6) is 0.358. The molecule has 1 fully saturated rings. The molecule has 0 saturated heterocycles. The quantitative estimate of drug-likeness (QED) is 0.821. The maximum absolute atomic E-state index is 12.6. The monoisotopic (exact) mass is 234 g/mol. The second kappa shape index (κ2) is 5.65. The van der Waals surface area contributed by atoms with Crippen LogP contribution in [0.1, 0.15) is 19.3 Å². The van der Waals surface area contributed by atoms with Gasteiger partial charge in [-0.25, -0.2) is 4.39 Å². The van der Waals surface area contributed by atoms with Gasteiger partial charge in [0.05, 0.1) is 18.7 Å². The first-order valence-corrected chi connectivity index (χ1v) is 5.82. The van der Waals surface area contributed by atoms with E-state index in [0.29, 0.717) is 24.8 Å². The van der Waals surface area contributed by atoms with Crippen molar-refractivity contribution in [3.63, 3.8) is 0 Å². The summed E-state index contributed by atoms with van der Waals surface area (Å²) in [5, 5.41) is 12.2. The standard InChI is InChI=1S/C13H15FN2O/c14-10-1-5-13(6-2-10)17-8-7-12(9-15)16-11-3-4-11/h1-2,5-6,11-12,16H,3-4,7-8H2. The van der Waals surface area contributed by atoms with Crippen LogP contribution in [0.3, 0.4) is 0 Å². The van der Waals surface area contributed by atoms with Crippen LogP contribution in [-0.2, 0) is 0 Å². The van der Waals surface area contributed by atoms with Crippen LogP contribution >= 0.6 is 0 Å². The van der Waals surface area contributed by atoms with Gasteiger partial charge >= 0.3 is 0 Å². The zero-order valence-corrected chi connectivity index (χ0v) is 9.53. The van der Waals surface area contributed by atoms with Crippen molar-refractivity contribution in [1.82, 2.24) is 5.32 Å². The van der Waals surface area contributed by atoms with Crippen LogP contribution in [0.4, 0.5) is 4.39 Å². The Morgan fingerprint density at radius 2 is 2.12 bits per heavy atom. The molecule has 90 valence electrons. The number of rotatable bonds is 6. The molecule has 0 radical (unpaired) electrons. The van der Waals surface area contributed by atoms with Gasteiger partial charge in [-0.05, 0) is 37.1 Å². The van der Waals surface area contributed by atoms with Gasteiger partial charge in [0.15, 0.2) is 0 Å². The van der Waals surface area contributed by atoms with Gasteiger partial charge in [0.2, 0.25) is 0 Å². The number of hydrogen-bond acceptors (Lipinski definition) is 3. The van der Waals surface area contributed by atoms with Crippen molar-refractivity contribution in [2.45, 2.75) is 31.3 Å². The fraction of sp³-hybridized carbons (Fsp3) is 0.462. The predicted octanol–water partition coefficient (Wildman–Crippen LogP) is 2.24. The highest BCUT2D eigenvalue weighted by Gasteiger charge is 2.24. The van der Waals surface area contributed by atoms with Crippen LogP contribution < -0.4 is 10.1 Å². The Morgan fingerprint density at radius 3 is 2.71 bits per heavy atom. The summed E-state index contributed by atoms with van der Waals surface area (Å²) >= 11 is 0. The van der Waals surface area contributed by atoms with E-state index in [2.05, 4.69) is 11.4 Å². The summed E-state index contributed by atoms with van der Waals surface area (Å²) < 4.78 is 18.1. The molecule has 0 aliphatic heterocycles. The van der Waals surface area contributed by atoms with Crippen molar-refractivity contribution in [1.29, 1.82) is 5.26 Å². The highest BCUT2D eigenvalue weighted by atomic mass is 19.1. The lowest BCUT2D eigenvalue weighted by atomic mass is 10.2. The molecule has 1 aromatic carbocycles. The normalized spacial score (nSPS) is 16.2. The Balaban J connectivity index is 1.70. The van der Waals surface area contributed by atoms with Gasteiger partial charge in [0.25, 0.3) is 0 Å². The van der Waals surface area contributed by atoms with E-state index in [9.17, 15) is 4.39 Å². The van der Waals surface area contributed by atoms with E-state index >= 15 is 0 Å². The summed E-state index contributed by atoms with van der Waals surface area (Å²) in [6.45, 7) is 0.462. The minimum absolute atomic E-state index is 0.150. The first kappa shape index (κ1) is 11.9. The Morgan fingerprint density at radius 1 is 1.41 bits per heavy atom. The first-order valence-electron chi connectivity index (χ1n) is 5.82. The van der Waals surface area contributed by atoms with Gasteiger partial charge in [-0.2, -0.15) is 5.26 Å². The summed E-state index contributed by atoms with van der Waals surface area (Å²) in [7, 11) is 0. The van der Waals surface area contributed by atoms with Crippen molar-refractivity contribution < 1.29 is 9.13 Å². The molecule has 1 N–H and O–H groups in total. The fourth-order valence-corrected chi connectivity index (χ4v) is 1.55. The molecule has 0 heterocycles. The van der Waals surface area contributed by atoms with E-state index in [0.717, 1.165) is 12.8 Å². The molecule has 2 rings (SSSR count). The zero-order valence-electron chi connectivity index (χ0n) is 9.53. The number of nitrogens with zero attached hydrogens (tertiary/aromatic N) is 1. The fourth-order valence-electron chi connectivity index (χ4n) is 1.55. The molecule has 17 heavy (non-hydrogen) atoms. The maximum atomic E-state index is 12.6. The van der Waals surface area contributed by atoms with Gasteiger partial charge in [0.1, 0.15) is 11.6 Å². The molecular weight excluding hydrogens is 219 g/mol. The van der Waals surface area contributed by atoms with Crippen LogP contribution in [0.5, 0.6) is 5.75 Å². The van der Waals surface area contributed by atoms with E-state index in [-0.39, 0.29) is 11.9 Å². The second-order valence-electron chi connectivity index (χ2n) is 4.21. The van der Waals surface area contributed by atoms with Crippen LogP contribution in [-0.4, -0.2) is 18.7 Å². The lowest BCUT2D eigenvalue weighted by molar-refractivity contribution is 0.297. The Bertz CT molecular complexity index is 395. The minimum Gasteiger partial charge on any atom is -0.493 e. The largest absolute Gasteiger partial charge is 0.493 e. The SMILES string of the molecule is N#CC(CCOc1ccc(F)cc1)NC1CC1. The molecule has 1 atom stereocenters. The van der Waals surface area contributed by atoms with Crippen molar-refractivity contribution in [2.75, 3.05) is 6.61 Å². The topological polar surface area (TPSA) is 45.0 Å². The molecule has 4 heteroatoms. The highest BCUT2D eigenvalue weighted by molar-refractivity contribution is 5.22. The van der Waals surface area contributed by atoms with E-state index in [1.807, 2.05) is 0 Å². The van der Waals surface area contributed by atoms with Gasteiger partial charge < -0.3 is 4.74 Å². The lowest BCUT2D eigenvalue weighted by Gasteiger charge is -2.11. The molecule has 1 aliphatic rings. The van der Waals surface area contributed by atoms with Gasteiger partial charge in [-0.15, -0.1) is 0 Å². The third-order valence-electron chi connectivity index (χ3n) is 2.66. The van der Waals surface area contributed by atoms with Crippen LogP contribution in [0.2, 0.25) is 0 Å². The Labute approximate surface area is 100 Å². The first-order chi connectivity index (χ1) is 8.28. The molecular formula is C13H15FN2O. The van der Waals surface area contributed by atoms with Gasteiger partial charge in [-0.3, -0.25) is 5.32 Å². The van der Waals surface area contributed by atoms with Crippen molar-refractivity contribution in [3.8, 4) is 11.8 Å². The molecule has 1 aliphatic carbocycles. The molecule has 3 nitrogen and oxygen atoms in total. The molecule has 1 saturated carbocycles. The van der Waals surface area contributed by atoms with Gasteiger partial charge in [-0.1, -0.05) is 0 Å². The van der Waals surface area contributed by atoms with Crippen molar-refractivity contribution in [2.24, 2.45) is 0 Å². The van der Waals surface area contributed by atoms with Crippen LogP contribution in [0, 0.1) is 17.1 Å². The van der Waals surface area contributed by atoms with Crippen LogP contribution in [0.15, 0.2) is 24.3 Å². The van der Waals surface area contributed by atoms with E-state index in [1.165, 1.54) is 12.1 Å².